The standard InChI is InChI=1S/C25H23BrN2O4.C9H11FO.C2H6.CH4/c26-19-11-12-21(23(15-19)32-17-18-7-3-1-4-8-18)22(27-20-9-5-2-6-10-20)16-24(29)28-13-14-31-25(28)30;10-9-5-3-8(4-6-9)2-1-7-11;1-2;/h1-12,15,22,27H,13-14,16-17H2;3-6,11H,1-2,7H2;1-2H3;1H4. The summed E-state index contributed by atoms with van der Waals surface area (Å²) in [6.45, 7) is 5.09. The van der Waals surface area contributed by atoms with Gasteiger partial charge in [0.15, 0.2) is 0 Å². The van der Waals surface area contributed by atoms with Crippen LogP contribution in [0.25, 0.3) is 0 Å². The molecule has 0 saturated carbocycles. The molecule has 1 aliphatic rings. The molecule has 2 N–H and O–H groups in total. The number of anilines is 1. The number of aliphatic hydroxyl groups excluding tert-OH is 1. The number of carbonyl (C=O) groups is 2. The number of rotatable bonds is 11. The Balaban J connectivity index is 0.000000444. The predicted octanol–water partition coefficient (Wildman–Crippen LogP) is 8.96. The number of nitrogens with zero attached hydrogens (tertiary/aromatic N) is 1. The van der Waals surface area contributed by atoms with Gasteiger partial charge in [-0.25, -0.2) is 14.1 Å². The Bertz CT molecular complexity index is 1460. The first kappa shape index (κ1) is 38.0. The molecule has 1 atom stereocenters. The molecule has 0 bridgehead atoms. The SMILES string of the molecule is C.CC.O=C(CC(Nc1ccccc1)c1ccc(Br)cc1OCc1ccccc1)N1CCOC1=O.OCCCc1ccc(F)cc1. The summed E-state index contributed by atoms with van der Waals surface area (Å²) in [7, 11) is 0. The van der Waals surface area contributed by atoms with Crippen LogP contribution in [0.2, 0.25) is 0 Å². The molecule has 246 valence electrons. The minimum atomic E-state index is -0.593. The Kier molecular flexibility index (Phi) is 17.1. The highest BCUT2D eigenvalue weighted by Gasteiger charge is 2.31. The lowest BCUT2D eigenvalue weighted by Crippen LogP contribution is -2.33. The summed E-state index contributed by atoms with van der Waals surface area (Å²) in [6, 6.07) is 31.2. The van der Waals surface area contributed by atoms with E-state index in [1.165, 1.54) is 12.1 Å². The third-order valence-corrected chi connectivity index (χ3v) is 7.17. The van der Waals surface area contributed by atoms with Gasteiger partial charge >= 0.3 is 6.09 Å². The van der Waals surface area contributed by atoms with Crippen LogP contribution in [-0.2, 0) is 22.6 Å². The Labute approximate surface area is 280 Å². The van der Waals surface area contributed by atoms with Crippen LogP contribution in [0.3, 0.4) is 0 Å². The number of benzene rings is 4. The van der Waals surface area contributed by atoms with E-state index in [4.69, 9.17) is 14.6 Å². The molecule has 46 heavy (non-hydrogen) atoms. The number of imide groups is 1. The van der Waals surface area contributed by atoms with Gasteiger partial charge in [0, 0.05) is 22.3 Å². The first-order valence-electron chi connectivity index (χ1n) is 15.0. The third-order valence-electron chi connectivity index (χ3n) is 6.68. The molecule has 7 nitrogen and oxygen atoms in total. The smallest absolute Gasteiger partial charge is 0.416 e. The average Bonchev–Trinajstić information content (AvgIpc) is 3.51. The average molecular weight is 696 g/mol. The van der Waals surface area contributed by atoms with E-state index in [1.807, 2.05) is 92.7 Å². The number of hydrogen-bond acceptors (Lipinski definition) is 6. The lowest BCUT2D eigenvalue weighted by Gasteiger charge is -2.24. The number of nitrogens with one attached hydrogen (secondary N) is 1. The summed E-state index contributed by atoms with van der Waals surface area (Å²) in [6.07, 6.45) is 1.04. The second-order valence-electron chi connectivity index (χ2n) is 9.84. The van der Waals surface area contributed by atoms with E-state index in [0.29, 0.717) is 12.4 Å². The number of aliphatic hydroxyl groups is 1. The first-order chi connectivity index (χ1) is 21.9. The highest BCUT2D eigenvalue weighted by atomic mass is 79.9. The van der Waals surface area contributed by atoms with Gasteiger partial charge in [-0.1, -0.05) is 104 Å². The van der Waals surface area contributed by atoms with Crippen LogP contribution in [0.15, 0.2) is 108 Å². The monoisotopic (exact) mass is 694 g/mol. The topological polar surface area (TPSA) is 88.1 Å². The number of halogens is 2. The Morgan fingerprint density at radius 3 is 2.24 bits per heavy atom. The number of ether oxygens (including phenoxy) is 2. The maximum atomic E-state index is 12.9. The van der Waals surface area contributed by atoms with Crippen LogP contribution in [0.5, 0.6) is 5.75 Å². The van der Waals surface area contributed by atoms with Crippen LogP contribution in [0.1, 0.15) is 56.8 Å². The van der Waals surface area contributed by atoms with Gasteiger partial charge < -0.3 is 19.9 Å². The zero-order valence-electron chi connectivity index (χ0n) is 25.6. The zero-order chi connectivity index (χ0) is 32.4. The van der Waals surface area contributed by atoms with Gasteiger partial charge in [0.2, 0.25) is 5.91 Å². The molecular formula is C37H44BrFN2O5. The number of cyclic esters (lactones) is 1. The predicted molar refractivity (Wildman–Crippen MR) is 185 cm³/mol. The van der Waals surface area contributed by atoms with E-state index in [0.717, 1.165) is 44.6 Å². The van der Waals surface area contributed by atoms with Crippen LogP contribution in [-0.4, -0.2) is 41.8 Å². The van der Waals surface area contributed by atoms with Gasteiger partial charge in [0.1, 0.15) is 24.8 Å². The van der Waals surface area contributed by atoms with Crippen molar-refractivity contribution in [2.75, 3.05) is 25.1 Å². The summed E-state index contributed by atoms with van der Waals surface area (Å²) < 4.78 is 24.3. The number of para-hydroxylation sites is 1. The second-order valence-corrected chi connectivity index (χ2v) is 10.8. The summed E-state index contributed by atoms with van der Waals surface area (Å²) >= 11 is 3.51. The summed E-state index contributed by atoms with van der Waals surface area (Å²) in [4.78, 5) is 26.0. The molecule has 0 aliphatic carbocycles. The molecule has 4 aromatic rings. The molecule has 1 unspecified atom stereocenters. The van der Waals surface area contributed by atoms with E-state index in [9.17, 15) is 14.0 Å². The van der Waals surface area contributed by atoms with Crippen LogP contribution >= 0.6 is 15.9 Å². The molecule has 1 fully saturated rings. The first-order valence-corrected chi connectivity index (χ1v) is 15.8. The van der Waals surface area contributed by atoms with Crippen molar-refractivity contribution in [3.05, 3.63) is 130 Å². The van der Waals surface area contributed by atoms with E-state index in [2.05, 4.69) is 21.2 Å². The molecule has 0 spiro atoms. The lowest BCUT2D eigenvalue weighted by molar-refractivity contribution is -0.128. The lowest BCUT2D eigenvalue weighted by atomic mass is 10.0. The van der Waals surface area contributed by atoms with Crippen molar-refractivity contribution in [3.8, 4) is 5.75 Å². The number of hydrogen-bond donors (Lipinski definition) is 2. The normalized spacial score (nSPS) is 12.3. The van der Waals surface area contributed by atoms with Gasteiger partial charge in [-0.15, -0.1) is 0 Å². The highest BCUT2D eigenvalue weighted by molar-refractivity contribution is 9.10. The molecule has 2 amide bonds. The molecule has 4 aromatic carbocycles. The number of carbonyl (C=O) groups excluding carboxylic acids is 2. The fourth-order valence-corrected chi connectivity index (χ4v) is 4.81. The van der Waals surface area contributed by atoms with Crippen LogP contribution < -0.4 is 10.1 Å². The van der Waals surface area contributed by atoms with Crippen molar-refractivity contribution in [2.45, 2.75) is 53.2 Å². The van der Waals surface area contributed by atoms with Crippen molar-refractivity contribution in [2.24, 2.45) is 0 Å². The maximum absolute atomic E-state index is 12.9. The third kappa shape index (κ3) is 12.3. The number of aryl methyl sites for hydroxylation is 1. The van der Waals surface area contributed by atoms with Crippen molar-refractivity contribution in [3.63, 3.8) is 0 Å². The highest BCUT2D eigenvalue weighted by Crippen LogP contribution is 2.34. The van der Waals surface area contributed by atoms with Gasteiger partial charge in [0.25, 0.3) is 0 Å². The van der Waals surface area contributed by atoms with E-state index < -0.39 is 12.1 Å². The molecule has 1 heterocycles. The quantitative estimate of drug-likeness (QED) is 0.163. The Morgan fingerprint density at radius 1 is 0.978 bits per heavy atom. The van der Waals surface area contributed by atoms with Crippen LogP contribution in [0, 0.1) is 5.82 Å². The van der Waals surface area contributed by atoms with Gasteiger partial charge in [-0.3, -0.25) is 4.79 Å². The van der Waals surface area contributed by atoms with Crippen molar-refractivity contribution in [1.82, 2.24) is 4.90 Å². The summed E-state index contributed by atoms with van der Waals surface area (Å²) in [5.41, 5.74) is 3.81. The zero-order valence-corrected chi connectivity index (χ0v) is 27.2. The molecular weight excluding hydrogens is 651 g/mol. The van der Waals surface area contributed by atoms with E-state index >= 15 is 0 Å². The largest absolute Gasteiger partial charge is 0.489 e. The van der Waals surface area contributed by atoms with Gasteiger partial charge in [-0.05, 0) is 60.4 Å². The fraction of sp³-hybridized carbons (Fsp3) is 0.297. The number of amides is 2. The van der Waals surface area contributed by atoms with Gasteiger partial charge in [-0.2, -0.15) is 0 Å². The van der Waals surface area contributed by atoms with Gasteiger partial charge in [0.05, 0.1) is 19.0 Å². The molecule has 5 rings (SSSR count). The van der Waals surface area contributed by atoms with Crippen molar-refractivity contribution < 1.29 is 28.6 Å². The van der Waals surface area contributed by atoms with Crippen molar-refractivity contribution in [1.29, 1.82) is 0 Å². The molecule has 1 aliphatic heterocycles. The Morgan fingerprint density at radius 2 is 1.63 bits per heavy atom. The summed E-state index contributed by atoms with van der Waals surface area (Å²) in [5.74, 6) is 0.157. The van der Waals surface area contributed by atoms with Crippen molar-refractivity contribution >= 4 is 33.6 Å². The van der Waals surface area contributed by atoms with E-state index in [1.54, 1.807) is 12.1 Å². The second kappa shape index (κ2) is 20.7. The minimum Gasteiger partial charge on any atom is -0.489 e. The van der Waals surface area contributed by atoms with Crippen LogP contribution in [0.4, 0.5) is 14.9 Å². The molecule has 1 saturated heterocycles. The maximum Gasteiger partial charge on any atom is 0.416 e. The Hall–Kier alpha value is -4.21. The van der Waals surface area contributed by atoms with E-state index in [-0.39, 0.29) is 45.3 Å². The molecule has 9 heteroatoms. The minimum absolute atomic E-state index is 0. The summed E-state index contributed by atoms with van der Waals surface area (Å²) in [5, 5.41) is 11.9. The molecule has 0 radical (unpaired) electrons. The fourth-order valence-electron chi connectivity index (χ4n) is 4.47. The molecule has 0 aromatic heterocycles.